The molecule has 0 amide bonds. The topological polar surface area (TPSA) is 25.8 Å². The highest BCUT2D eigenvalue weighted by atomic mass is 35.5. The molecule has 3 heteroatoms. The fourth-order valence-corrected chi connectivity index (χ4v) is 3.12. The number of nitrogens with zero attached hydrogens (tertiary/aromatic N) is 2. The van der Waals surface area contributed by atoms with Gasteiger partial charge in [0, 0.05) is 10.6 Å². The van der Waals surface area contributed by atoms with E-state index in [1.54, 1.807) is 0 Å². The third kappa shape index (κ3) is 2.85. The molecule has 1 heterocycles. The summed E-state index contributed by atoms with van der Waals surface area (Å²) in [6, 6.07) is 8.17. The summed E-state index contributed by atoms with van der Waals surface area (Å²) < 4.78 is 0. The molecule has 2 aromatic rings. The van der Waals surface area contributed by atoms with Crippen LogP contribution >= 0.6 is 11.6 Å². The second-order valence-corrected chi connectivity index (χ2v) is 6.01. The molecule has 0 unspecified atom stereocenters. The quantitative estimate of drug-likeness (QED) is 0.755. The molecule has 0 atom stereocenters. The molecule has 0 spiro atoms. The molecule has 0 radical (unpaired) electrons. The summed E-state index contributed by atoms with van der Waals surface area (Å²) in [5.74, 6) is 0. The minimum absolute atomic E-state index is 0.769. The lowest BCUT2D eigenvalue weighted by Crippen LogP contribution is -2.05. The highest BCUT2D eigenvalue weighted by molar-refractivity contribution is 6.30. The fraction of sp³-hybridized carbons (Fsp3) is 0.412. The lowest BCUT2D eigenvalue weighted by Gasteiger charge is -2.14. The number of aryl methyl sites for hydroxylation is 3. The Morgan fingerprint density at radius 2 is 1.75 bits per heavy atom. The van der Waals surface area contributed by atoms with Gasteiger partial charge in [0.2, 0.25) is 0 Å². The summed E-state index contributed by atoms with van der Waals surface area (Å²) in [4.78, 5) is 0. The van der Waals surface area contributed by atoms with E-state index in [4.69, 9.17) is 11.6 Å². The van der Waals surface area contributed by atoms with Crippen LogP contribution in [-0.2, 0) is 12.8 Å². The molecule has 2 nitrogen and oxygen atoms in total. The molecule has 1 aliphatic carbocycles. The van der Waals surface area contributed by atoms with E-state index in [0.29, 0.717) is 0 Å². The van der Waals surface area contributed by atoms with Crippen LogP contribution in [0.5, 0.6) is 0 Å². The van der Waals surface area contributed by atoms with Crippen LogP contribution in [0.15, 0.2) is 24.3 Å². The minimum Gasteiger partial charge on any atom is -0.155 e. The second-order valence-electron chi connectivity index (χ2n) is 5.57. The van der Waals surface area contributed by atoms with Gasteiger partial charge in [-0.3, -0.25) is 0 Å². The fourth-order valence-electron chi connectivity index (χ4n) is 2.89. The van der Waals surface area contributed by atoms with Crippen LogP contribution in [-0.4, -0.2) is 10.2 Å². The maximum absolute atomic E-state index is 6.02. The molecule has 0 saturated heterocycles. The molecule has 0 aliphatic heterocycles. The molecular formula is C17H19ClN2. The van der Waals surface area contributed by atoms with Crippen LogP contribution in [0.2, 0.25) is 5.02 Å². The number of rotatable bonds is 1. The maximum Gasteiger partial charge on any atom is 0.0935 e. The predicted molar refractivity (Wildman–Crippen MR) is 83.1 cm³/mol. The zero-order chi connectivity index (χ0) is 13.9. The highest BCUT2D eigenvalue weighted by Crippen LogP contribution is 2.27. The van der Waals surface area contributed by atoms with Gasteiger partial charge in [-0.1, -0.05) is 30.5 Å². The van der Waals surface area contributed by atoms with E-state index in [9.17, 15) is 0 Å². The molecule has 0 saturated carbocycles. The van der Waals surface area contributed by atoms with Crippen LogP contribution in [0.3, 0.4) is 0 Å². The number of hydrogen-bond acceptors (Lipinski definition) is 2. The average Bonchev–Trinajstić information content (AvgIpc) is 2.39. The van der Waals surface area contributed by atoms with Crippen LogP contribution in [0, 0.1) is 6.92 Å². The van der Waals surface area contributed by atoms with Gasteiger partial charge in [0.25, 0.3) is 0 Å². The Morgan fingerprint density at radius 3 is 2.55 bits per heavy atom. The number of halogens is 1. The standard InChI is InChI=1S/C17H19ClN2/c1-12-10-14(18)8-9-15(12)17-11-13-6-4-2-3-5-7-16(13)19-20-17/h8-11H,2-7H2,1H3. The van der Waals surface area contributed by atoms with Gasteiger partial charge in [0.15, 0.2) is 0 Å². The van der Waals surface area contributed by atoms with Gasteiger partial charge >= 0.3 is 0 Å². The van der Waals surface area contributed by atoms with Gasteiger partial charge in [-0.05, 0) is 61.9 Å². The highest BCUT2D eigenvalue weighted by Gasteiger charge is 2.12. The minimum atomic E-state index is 0.769. The first kappa shape index (κ1) is 13.6. The third-order valence-electron chi connectivity index (χ3n) is 4.03. The van der Waals surface area contributed by atoms with Crippen molar-refractivity contribution >= 4 is 11.6 Å². The summed E-state index contributed by atoms with van der Waals surface area (Å²) in [5, 5.41) is 9.68. The van der Waals surface area contributed by atoms with Gasteiger partial charge in [-0.25, -0.2) is 0 Å². The number of fused-ring (bicyclic) bond motifs is 1. The van der Waals surface area contributed by atoms with Gasteiger partial charge < -0.3 is 0 Å². The van der Waals surface area contributed by atoms with Crippen molar-refractivity contribution in [2.45, 2.75) is 45.4 Å². The summed E-state index contributed by atoms with van der Waals surface area (Å²) in [6.45, 7) is 2.07. The zero-order valence-corrected chi connectivity index (χ0v) is 12.6. The van der Waals surface area contributed by atoms with Crippen molar-refractivity contribution in [2.75, 3.05) is 0 Å². The molecule has 1 aromatic carbocycles. The summed E-state index contributed by atoms with van der Waals surface area (Å²) >= 11 is 6.02. The maximum atomic E-state index is 6.02. The number of hydrogen-bond donors (Lipinski definition) is 0. The first-order valence-corrected chi connectivity index (χ1v) is 7.74. The van der Waals surface area contributed by atoms with Crippen molar-refractivity contribution in [3.63, 3.8) is 0 Å². The molecule has 20 heavy (non-hydrogen) atoms. The van der Waals surface area contributed by atoms with E-state index in [2.05, 4.69) is 23.2 Å². The second kappa shape index (κ2) is 5.92. The smallest absolute Gasteiger partial charge is 0.0935 e. The third-order valence-corrected chi connectivity index (χ3v) is 4.27. The van der Waals surface area contributed by atoms with Crippen molar-refractivity contribution in [1.82, 2.24) is 10.2 Å². The van der Waals surface area contributed by atoms with Gasteiger partial charge in [0.05, 0.1) is 11.4 Å². The van der Waals surface area contributed by atoms with Gasteiger partial charge in [0.1, 0.15) is 0 Å². The van der Waals surface area contributed by atoms with Crippen LogP contribution in [0.1, 0.15) is 42.5 Å². The Morgan fingerprint density at radius 1 is 0.950 bits per heavy atom. The van der Waals surface area contributed by atoms with E-state index in [1.165, 1.54) is 36.9 Å². The van der Waals surface area contributed by atoms with Crippen molar-refractivity contribution in [1.29, 1.82) is 0 Å². The van der Waals surface area contributed by atoms with E-state index in [-0.39, 0.29) is 0 Å². The molecule has 0 bridgehead atoms. The predicted octanol–water partition coefficient (Wildman–Crippen LogP) is 4.76. The van der Waals surface area contributed by atoms with Crippen LogP contribution in [0.4, 0.5) is 0 Å². The first-order chi connectivity index (χ1) is 9.74. The zero-order valence-electron chi connectivity index (χ0n) is 11.8. The number of aromatic nitrogens is 2. The largest absolute Gasteiger partial charge is 0.155 e. The van der Waals surface area contributed by atoms with Gasteiger partial charge in [-0.2, -0.15) is 10.2 Å². The normalized spacial score (nSPS) is 15.3. The Bertz CT molecular complexity index is 622. The van der Waals surface area contributed by atoms with Crippen molar-refractivity contribution in [3.8, 4) is 11.3 Å². The lowest BCUT2D eigenvalue weighted by atomic mass is 9.96. The molecule has 1 aliphatic rings. The van der Waals surface area contributed by atoms with E-state index < -0.39 is 0 Å². The van der Waals surface area contributed by atoms with Crippen molar-refractivity contribution < 1.29 is 0 Å². The van der Waals surface area contributed by atoms with Crippen LogP contribution < -0.4 is 0 Å². The Kier molecular flexibility index (Phi) is 4.02. The summed E-state index contributed by atoms with van der Waals surface area (Å²) in [5.41, 5.74) is 5.83. The lowest BCUT2D eigenvalue weighted by molar-refractivity contribution is 0.603. The van der Waals surface area contributed by atoms with Crippen molar-refractivity contribution in [3.05, 3.63) is 46.1 Å². The summed E-state index contributed by atoms with van der Waals surface area (Å²) in [7, 11) is 0. The molecule has 0 N–H and O–H groups in total. The van der Waals surface area contributed by atoms with E-state index in [1.807, 2.05) is 18.2 Å². The molecule has 1 aromatic heterocycles. The van der Waals surface area contributed by atoms with Crippen LogP contribution in [0.25, 0.3) is 11.3 Å². The Labute approximate surface area is 125 Å². The van der Waals surface area contributed by atoms with Gasteiger partial charge in [-0.15, -0.1) is 0 Å². The molecule has 104 valence electrons. The monoisotopic (exact) mass is 286 g/mol. The van der Waals surface area contributed by atoms with E-state index in [0.717, 1.165) is 34.7 Å². The SMILES string of the molecule is Cc1cc(Cl)ccc1-c1cc2c(nn1)CCCCCC2. The molecular weight excluding hydrogens is 268 g/mol. The Hall–Kier alpha value is -1.41. The average molecular weight is 287 g/mol. The first-order valence-electron chi connectivity index (χ1n) is 7.36. The van der Waals surface area contributed by atoms with E-state index >= 15 is 0 Å². The number of benzene rings is 1. The Balaban J connectivity index is 2.00. The molecule has 0 fully saturated rings. The summed E-state index contributed by atoms with van der Waals surface area (Å²) in [6.07, 6.45) is 7.35. The van der Waals surface area contributed by atoms with Crippen molar-refractivity contribution in [2.24, 2.45) is 0 Å². The molecule has 3 rings (SSSR count).